The van der Waals surface area contributed by atoms with E-state index in [0.717, 1.165) is 18.1 Å². The molecule has 28 heavy (non-hydrogen) atoms. The van der Waals surface area contributed by atoms with Crippen molar-refractivity contribution in [3.8, 4) is 0 Å². The molecule has 11 heteroatoms. The van der Waals surface area contributed by atoms with Gasteiger partial charge in [0.1, 0.15) is 11.6 Å². The van der Waals surface area contributed by atoms with Gasteiger partial charge in [-0.15, -0.1) is 0 Å². The summed E-state index contributed by atoms with van der Waals surface area (Å²) in [7, 11) is 0. The Balaban J connectivity index is -0.000000183. The van der Waals surface area contributed by atoms with Gasteiger partial charge in [0.25, 0.3) is 0 Å². The number of carbonyl (C=O) groups excluding carboxylic acids is 2. The average molecular weight is 444 g/mol. The predicted molar refractivity (Wildman–Crippen MR) is 98.1 cm³/mol. The second-order valence-electron chi connectivity index (χ2n) is 4.89. The molecule has 0 saturated carbocycles. The van der Waals surface area contributed by atoms with Crippen LogP contribution in [0.5, 0.6) is 0 Å². The summed E-state index contributed by atoms with van der Waals surface area (Å²) >= 11 is 0. The summed E-state index contributed by atoms with van der Waals surface area (Å²) in [5, 5.41) is 23.3. The Labute approximate surface area is 173 Å². The summed E-state index contributed by atoms with van der Waals surface area (Å²) in [6.07, 6.45) is 4.90. The Morgan fingerprint density at radius 3 is 1.68 bits per heavy atom. The molecule has 1 radical (unpaired) electrons. The van der Waals surface area contributed by atoms with E-state index < -0.39 is 17.9 Å². The maximum Gasteiger partial charge on any atom is 2.00 e. The molecule has 0 aliphatic heterocycles. The maximum atomic E-state index is 10.1. The minimum absolute atomic E-state index is 0. The molecule has 10 nitrogen and oxygen atoms in total. The average Bonchev–Trinajstić information content (AvgIpc) is 2.57. The molecule has 0 aliphatic carbocycles. The number of hydrogen-bond acceptors (Lipinski definition) is 7. The van der Waals surface area contributed by atoms with Crippen LogP contribution in [0, 0.1) is 5.92 Å². The number of rotatable bonds is 7. The smallest absolute Gasteiger partial charge is 0.549 e. The number of aliphatic carboxylic acids is 2. The summed E-state index contributed by atoms with van der Waals surface area (Å²) in [5.74, 6) is -2.95. The van der Waals surface area contributed by atoms with Crippen molar-refractivity contribution in [3.05, 3.63) is 48.8 Å². The van der Waals surface area contributed by atoms with E-state index in [4.69, 9.17) is 0 Å². The van der Waals surface area contributed by atoms with Crippen molar-refractivity contribution in [2.75, 3.05) is 5.32 Å². The number of hydrogen-bond donors (Lipinski definition) is 1. The van der Waals surface area contributed by atoms with Crippen molar-refractivity contribution in [3.63, 3.8) is 0 Å². The topological polar surface area (TPSA) is 216 Å². The first-order chi connectivity index (χ1) is 11.5. The van der Waals surface area contributed by atoms with Gasteiger partial charge in [-0.25, -0.2) is 9.97 Å². The van der Waals surface area contributed by atoms with E-state index in [2.05, 4.69) is 15.3 Å². The SMILES string of the molecule is CCCCC(C(=O)[O-])C(=O)[O-].O.[Co+2].[OH3+].[OH3+].c1ccc(Nc2ccccn2)nc1. The van der Waals surface area contributed by atoms with Crippen LogP contribution in [-0.2, 0) is 37.3 Å². The largest absolute Gasteiger partial charge is 2.00 e. The molecule has 0 aromatic carbocycles. The first kappa shape index (κ1) is 33.0. The zero-order valence-corrected chi connectivity index (χ0v) is 16.4. The molecular formula is C17H27CoN3O7+2. The van der Waals surface area contributed by atoms with Gasteiger partial charge in [0.2, 0.25) is 0 Å². The number of carboxylic acid groups (broad SMARTS) is 2. The number of aromatic nitrogens is 2. The van der Waals surface area contributed by atoms with Crippen molar-refractivity contribution >= 4 is 23.6 Å². The monoisotopic (exact) mass is 444 g/mol. The first-order valence-corrected chi connectivity index (χ1v) is 7.55. The predicted octanol–water partition coefficient (Wildman–Crippen LogP) is -2.16. The van der Waals surface area contributed by atoms with Crippen LogP contribution >= 0.6 is 0 Å². The molecule has 0 saturated heterocycles. The van der Waals surface area contributed by atoms with Crippen molar-refractivity contribution in [1.82, 2.24) is 9.97 Å². The van der Waals surface area contributed by atoms with Gasteiger partial charge in [-0.05, 0) is 30.7 Å². The number of carboxylic acids is 2. The summed E-state index contributed by atoms with van der Waals surface area (Å²) in [4.78, 5) is 28.5. The van der Waals surface area contributed by atoms with E-state index >= 15 is 0 Å². The molecule has 0 atom stereocenters. The van der Waals surface area contributed by atoms with E-state index in [1.807, 2.05) is 43.3 Å². The van der Waals surface area contributed by atoms with E-state index in [1.165, 1.54) is 0 Å². The zero-order valence-electron chi connectivity index (χ0n) is 15.3. The molecule has 0 unspecified atom stereocenters. The summed E-state index contributed by atoms with van der Waals surface area (Å²) in [6, 6.07) is 11.4. The normalized spacial score (nSPS) is 8.36. The van der Waals surface area contributed by atoms with E-state index in [-0.39, 0.29) is 39.6 Å². The fourth-order valence-electron chi connectivity index (χ4n) is 1.74. The molecule has 0 fully saturated rings. The molecule has 0 aliphatic rings. The molecule has 0 bridgehead atoms. The van der Waals surface area contributed by atoms with Gasteiger partial charge in [0.15, 0.2) is 0 Å². The van der Waals surface area contributed by atoms with E-state index in [0.29, 0.717) is 6.42 Å². The van der Waals surface area contributed by atoms with Gasteiger partial charge >= 0.3 is 16.8 Å². The van der Waals surface area contributed by atoms with Crippen LogP contribution in [0.2, 0.25) is 0 Å². The molecule has 2 rings (SSSR count). The summed E-state index contributed by atoms with van der Waals surface area (Å²) in [5.41, 5.74) is 0. The Bertz CT molecular complexity index is 582. The molecule has 2 aromatic heterocycles. The minimum Gasteiger partial charge on any atom is -0.549 e. The van der Waals surface area contributed by atoms with Gasteiger partial charge in [-0.1, -0.05) is 31.9 Å². The zero-order chi connectivity index (χ0) is 17.8. The Hall–Kier alpha value is -2.57. The number of unbranched alkanes of at least 4 members (excludes halogenated alkanes) is 1. The number of nitrogens with zero attached hydrogens (tertiary/aromatic N) is 2. The van der Waals surface area contributed by atoms with Gasteiger partial charge in [0.05, 0.1) is 11.9 Å². The second kappa shape index (κ2) is 19.2. The minimum atomic E-state index is -1.56. The Morgan fingerprint density at radius 2 is 1.39 bits per heavy atom. The third kappa shape index (κ3) is 13.6. The molecule has 2 heterocycles. The first-order valence-electron chi connectivity index (χ1n) is 7.55. The van der Waals surface area contributed by atoms with E-state index in [9.17, 15) is 19.8 Å². The fraction of sp³-hybridized carbons (Fsp3) is 0.294. The summed E-state index contributed by atoms with van der Waals surface area (Å²) in [6.45, 7) is 1.85. The van der Waals surface area contributed by atoms with Crippen molar-refractivity contribution in [2.24, 2.45) is 5.92 Å². The molecule has 9 N–H and O–H groups in total. The third-order valence-corrected chi connectivity index (χ3v) is 3.00. The Morgan fingerprint density at radius 1 is 0.964 bits per heavy atom. The van der Waals surface area contributed by atoms with Crippen LogP contribution in [0.15, 0.2) is 48.8 Å². The summed E-state index contributed by atoms with van der Waals surface area (Å²) < 4.78 is 0. The quantitative estimate of drug-likeness (QED) is 0.368. The standard InChI is InChI=1S/C10H9N3.C7H12O4.Co.3H2O/c1-3-7-11-9(5-1)13-10-6-2-4-8-12-10;1-2-3-4-5(6(8)9)7(10)11;;;;/h1-8H,(H,11,12,13);5H,2-4H2,1H3,(H,8,9)(H,10,11);;3*1H2/q;;+2;;;. The van der Waals surface area contributed by atoms with Gasteiger partial charge in [-0.3, -0.25) is 0 Å². The number of carbonyl (C=O) groups is 2. The molecule has 0 spiro atoms. The maximum absolute atomic E-state index is 10.1. The molecule has 0 amide bonds. The van der Waals surface area contributed by atoms with Crippen LogP contribution < -0.4 is 15.5 Å². The van der Waals surface area contributed by atoms with Crippen LogP contribution in [0.25, 0.3) is 0 Å². The number of anilines is 2. The van der Waals surface area contributed by atoms with Crippen molar-refractivity contribution in [2.45, 2.75) is 26.2 Å². The van der Waals surface area contributed by atoms with Crippen molar-refractivity contribution < 1.29 is 53.0 Å². The second-order valence-corrected chi connectivity index (χ2v) is 4.89. The van der Waals surface area contributed by atoms with Gasteiger partial charge < -0.3 is 41.5 Å². The molecule has 2 aromatic rings. The number of pyridine rings is 2. The van der Waals surface area contributed by atoms with Crippen LogP contribution in [0.4, 0.5) is 11.6 Å². The third-order valence-electron chi connectivity index (χ3n) is 3.00. The van der Waals surface area contributed by atoms with Crippen LogP contribution in [0.1, 0.15) is 26.2 Å². The number of nitrogens with one attached hydrogen (secondary N) is 1. The van der Waals surface area contributed by atoms with Crippen LogP contribution in [-0.4, -0.2) is 27.4 Å². The van der Waals surface area contributed by atoms with Crippen LogP contribution in [0.3, 0.4) is 0 Å². The Kier molecular flexibility index (Phi) is 22.7. The fourth-order valence-corrected chi connectivity index (χ4v) is 1.74. The van der Waals surface area contributed by atoms with Crippen molar-refractivity contribution in [1.29, 1.82) is 0 Å². The molecular weight excluding hydrogens is 417 g/mol. The molecule has 159 valence electrons. The van der Waals surface area contributed by atoms with Gasteiger partial charge in [-0.2, -0.15) is 0 Å². The van der Waals surface area contributed by atoms with Gasteiger partial charge in [0, 0.05) is 18.3 Å². The van der Waals surface area contributed by atoms with E-state index in [1.54, 1.807) is 12.4 Å².